The van der Waals surface area contributed by atoms with Gasteiger partial charge in [0, 0.05) is 25.8 Å². The van der Waals surface area contributed by atoms with Gasteiger partial charge in [0.2, 0.25) is 17.7 Å². The highest BCUT2D eigenvalue weighted by atomic mass is 16.2. The number of para-hydroxylation sites is 1. The number of hydrogen-bond acceptors (Lipinski definition) is 4. The second kappa shape index (κ2) is 9.14. The van der Waals surface area contributed by atoms with Crippen molar-refractivity contribution in [1.82, 2.24) is 10.2 Å². The molecule has 1 saturated heterocycles. The molecule has 0 radical (unpaired) electrons. The summed E-state index contributed by atoms with van der Waals surface area (Å²) in [5, 5.41) is 5.64. The van der Waals surface area contributed by atoms with Crippen molar-refractivity contribution in [3.8, 4) is 0 Å². The Hall–Kier alpha value is -3.48. The normalized spacial score (nSPS) is 14.6. The predicted molar refractivity (Wildman–Crippen MR) is 108 cm³/mol. The lowest BCUT2D eigenvalue weighted by molar-refractivity contribution is -0.138. The van der Waals surface area contributed by atoms with Gasteiger partial charge in [-0.15, -0.1) is 0 Å². The van der Waals surface area contributed by atoms with Gasteiger partial charge in [0.15, 0.2) is 0 Å². The number of carbonyl (C=O) groups is 4. The number of nitrogens with zero attached hydrogens (tertiary/aromatic N) is 1. The maximum absolute atomic E-state index is 12.7. The molecular formula is C22H23N3O4. The molecule has 7 heteroatoms. The Bertz CT molecular complexity index is 911. The van der Waals surface area contributed by atoms with Gasteiger partial charge in [-0.2, -0.15) is 0 Å². The lowest BCUT2D eigenvalue weighted by Crippen LogP contribution is -2.32. The van der Waals surface area contributed by atoms with E-state index in [4.69, 9.17) is 0 Å². The topological polar surface area (TPSA) is 95.6 Å². The molecule has 2 aromatic carbocycles. The molecule has 1 atom stereocenters. The first-order chi connectivity index (χ1) is 14.0. The van der Waals surface area contributed by atoms with Crippen LogP contribution >= 0.6 is 0 Å². The van der Waals surface area contributed by atoms with Crippen molar-refractivity contribution in [2.75, 3.05) is 11.9 Å². The summed E-state index contributed by atoms with van der Waals surface area (Å²) in [6.07, 6.45) is 0.375. The van der Waals surface area contributed by atoms with Gasteiger partial charge in [-0.1, -0.05) is 42.5 Å². The zero-order valence-electron chi connectivity index (χ0n) is 16.2. The molecule has 0 saturated carbocycles. The summed E-state index contributed by atoms with van der Waals surface area (Å²) < 4.78 is 0. The molecule has 0 bridgehead atoms. The van der Waals surface area contributed by atoms with Gasteiger partial charge < -0.3 is 10.6 Å². The average Bonchev–Trinajstić information content (AvgIpc) is 3.05. The summed E-state index contributed by atoms with van der Waals surface area (Å²) in [5.74, 6) is -1.18. The van der Waals surface area contributed by atoms with Crippen molar-refractivity contribution in [2.45, 2.75) is 32.2 Å². The Morgan fingerprint density at radius 2 is 1.59 bits per heavy atom. The minimum absolute atomic E-state index is 0.0200. The summed E-state index contributed by atoms with van der Waals surface area (Å²) >= 11 is 0. The fourth-order valence-electron chi connectivity index (χ4n) is 3.19. The fraction of sp³-hybridized carbons (Fsp3) is 0.273. The molecule has 0 aromatic heterocycles. The molecule has 7 nitrogen and oxygen atoms in total. The maximum Gasteiger partial charge on any atom is 0.253 e. The van der Waals surface area contributed by atoms with E-state index in [9.17, 15) is 19.2 Å². The van der Waals surface area contributed by atoms with E-state index >= 15 is 0 Å². The van der Waals surface area contributed by atoms with E-state index in [2.05, 4.69) is 10.6 Å². The van der Waals surface area contributed by atoms with Crippen molar-refractivity contribution in [2.24, 2.45) is 0 Å². The Morgan fingerprint density at radius 1 is 0.966 bits per heavy atom. The third-order valence-electron chi connectivity index (χ3n) is 4.81. The largest absolute Gasteiger partial charge is 0.345 e. The van der Waals surface area contributed by atoms with Gasteiger partial charge in [-0.25, -0.2) is 0 Å². The Morgan fingerprint density at radius 3 is 2.28 bits per heavy atom. The standard InChI is InChI=1S/C22H23N3O4/c1-15(16-7-3-2-4-8-16)23-22(29)17-9-5-6-10-18(17)24-19(26)13-14-25-20(27)11-12-21(25)28/h2-10,15H,11-14H2,1H3,(H,23,29)(H,24,26). The number of nitrogens with one attached hydrogen (secondary N) is 2. The highest BCUT2D eigenvalue weighted by Crippen LogP contribution is 2.19. The Balaban J connectivity index is 1.62. The van der Waals surface area contributed by atoms with Crippen LogP contribution in [0.1, 0.15) is 48.1 Å². The van der Waals surface area contributed by atoms with Crippen molar-refractivity contribution in [1.29, 1.82) is 0 Å². The first-order valence-corrected chi connectivity index (χ1v) is 9.53. The number of anilines is 1. The lowest BCUT2D eigenvalue weighted by atomic mass is 10.1. The van der Waals surface area contributed by atoms with Crippen LogP contribution in [0.25, 0.3) is 0 Å². The minimum atomic E-state index is -0.367. The maximum atomic E-state index is 12.7. The average molecular weight is 393 g/mol. The highest BCUT2D eigenvalue weighted by Gasteiger charge is 2.28. The number of imide groups is 1. The van der Waals surface area contributed by atoms with E-state index in [1.165, 1.54) is 0 Å². The van der Waals surface area contributed by atoms with Gasteiger partial charge in [0.1, 0.15) is 0 Å². The summed E-state index contributed by atoms with van der Waals surface area (Å²) in [4.78, 5) is 49.4. The van der Waals surface area contributed by atoms with Crippen molar-refractivity contribution >= 4 is 29.3 Å². The number of rotatable bonds is 7. The molecule has 1 unspecified atom stereocenters. The molecule has 1 aliphatic rings. The molecule has 150 valence electrons. The summed E-state index contributed by atoms with van der Waals surface area (Å²) in [6.45, 7) is 1.93. The van der Waals surface area contributed by atoms with Crippen molar-refractivity contribution in [3.05, 3.63) is 65.7 Å². The van der Waals surface area contributed by atoms with Crippen LogP contribution in [0, 0.1) is 0 Å². The van der Waals surface area contributed by atoms with E-state index in [1.54, 1.807) is 24.3 Å². The lowest BCUT2D eigenvalue weighted by Gasteiger charge is -2.17. The van der Waals surface area contributed by atoms with Crippen LogP contribution in [-0.4, -0.2) is 35.1 Å². The minimum Gasteiger partial charge on any atom is -0.345 e. The second-order valence-electron chi connectivity index (χ2n) is 6.89. The molecule has 2 N–H and O–H groups in total. The van der Waals surface area contributed by atoms with E-state index in [1.807, 2.05) is 37.3 Å². The first kappa shape index (κ1) is 20.3. The van der Waals surface area contributed by atoms with Gasteiger partial charge in [0.25, 0.3) is 5.91 Å². The van der Waals surface area contributed by atoms with Crippen LogP contribution in [0.5, 0.6) is 0 Å². The molecule has 29 heavy (non-hydrogen) atoms. The monoisotopic (exact) mass is 393 g/mol. The third kappa shape index (κ3) is 5.07. The zero-order chi connectivity index (χ0) is 20.8. The quantitative estimate of drug-likeness (QED) is 0.707. The molecule has 4 amide bonds. The molecule has 1 heterocycles. The van der Waals surface area contributed by atoms with Crippen molar-refractivity contribution in [3.63, 3.8) is 0 Å². The van der Waals surface area contributed by atoms with E-state index in [0.29, 0.717) is 11.3 Å². The molecular weight excluding hydrogens is 370 g/mol. The molecule has 1 aliphatic heterocycles. The van der Waals surface area contributed by atoms with Gasteiger partial charge in [-0.05, 0) is 24.6 Å². The van der Waals surface area contributed by atoms with E-state index in [0.717, 1.165) is 10.5 Å². The number of hydrogen-bond donors (Lipinski definition) is 2. The number of likely N-dealkylation sites (tertiary alicyclic amines) is 1. The van der Waals surface area contributed by atoms with Crippen LogP contribution in [0.2, 0.25) is 0 Å². The highest BCUT2D eigenvalue weighted by molar-refractivity contribution is 6.05. The fourth-order valence-corrected chi connectivity index (χ4v) is 3.19. The van der Waals surface area contributed by atoms with Crippen LogP contribution in [0.4, 0.5) is 5.69 Å². The number of benzene rings is 2. The van der Waals surface area contributed by atoms with E-state index in [-0.39, 0.29) is 55.5 Å². The Labute approximate surface area is 169 Å². The molecule has 3 rings (SSSR count). The SMILES string of the molecule is CC(NC(=O)c1ccccc1NC(=O)CCN1C(=O)CCC1=O)c1ccccc1. The zero-order valence-corrected chi connectivity index (χ0v) is 16.2. The van der Waals surface area contributed by atoms with Crippen LogP contribution in [0.15, 0.2) is 54.6 Å². The molecule has 0 aliphatic carbocycles. The molecule has 0 spiro atoms. The summed E-state index contributed by atoms with van der Waals surface area (Å²) in [5.41, 5.74) is 1.70. The Kier molecular flexibility index (Phi) is 6.39. The van der Waals surface area contributed by atoms with Gasteiger partial charge >= 0.3 is 0 Å². The van der Waals surface area contributed by atoms with E-state index < -0.39 is 0 Å². The van der Waals surface area contributed by atoms with Gasteiger partial charge in [0.05, 0.1) is 17.3 Å². The molecule has 2 aromatic rings. The van der Waals surface area contributed by atoms with Crippen LogP contribution in [-0.2, 0) is 14.4 Å². The van der Waals surface area contributed by atoms with Crippen LogP contribution in [0.3, 0.4) is 0 Å². The predicted octanol–water partition coefficient (Wildman–Crippen LogP) is 2.66. The first-order valence-electron chi connectivity index (χ1n) is 9.53. The molecule has 1 fully saturated rings. The smallest absolute Gasteiger partial charge is 0.253 e. The van der Waals surface area contributed by atoms with Gasteiger partial charge in [-0.3, -0.25) is 24.1 Å². The number of carbonyl (C=O) groups excluding carboxylic acids is 4. The summed E-state index contributed by atoms with van der Waals surface area (Å²) in [6, 6.07) is 16.1. The van der Waals surface area contributed by atoms with Crippen molar-refractivity contribution < 1.29 is 19.2 Å². The second-order valence-corrected chi connectivity index (χ2v) is 6.89. The van der Waals surface area contributed by atoms with Crippen LogP contribution < -0.4 is 10.6 Å². The third-order valence-corrected chi connectivity index (χ3v) is 4.81. The number of amides is 4. The summed E-state index contributed by atoms with van der Waals surface area (Å²) in [7, 11) is 0.